The van der Waals surface area contributed by atoms with Gasteiger partial charge in [0.15, 0.2) is 0 Å². The number of aromatic nitrogens is 2. The number of anilines is 1. The predicted molar refractivity (Wildman–Crippen MR) is 83.9 cm³/mol. The van der Waals surface area contributed by atoms with Gasteiger partial charge in [0, 0.05) is 10.7 Å². The minimum Gasteiger partial charge on any atom is -0.376 e. The Kier molecular flexibility index (Phi) is 3.68. The summed E-state index contributed by atoms with van der Waals surface area (Å²) in [5.74, 6) is 0. The first-order chi connectivity index (χ1) is 9.24. The van der Waals surface area contributed by atoms with Crippen LogP contribution in [0, 0.1) is 0 Å². The first kappa shape index (κ1) is 12.8. The first-order valence-electron chi connectivity index (χ1n) is 5.60. The van der Waals surface area contributed by atoms with Crippen LogP contribution in [0.1, 0.15) is 5.69 Å². The third-order valence-electron chi connectivity index (χ3n) is 2.69. The van der Waals surface area contributed by atoms with E-state index in [1.54, 1.807) is 17.5 Å². The van der Waals surface area contributed by atoms with Crippen LogP contribution in [0.4, 0.5) is 5.69 Å². The molecule has 0 radical (unpaired) electrons. The molecule has 1 N–H and O–H groups in total. The second-order valence-corrected chi connectivity index (χ2v) is 6.15. The highest BCUT2D eigenvalue weighted by atomic mass is 79.9. The Morgan fingerprint density at radius 1 is 1.21 bits per heavy atom. The van der Waals surface area contributed by atoms with Gasteiger partial charge in [-0.1, -0.05) is 11.6 Å². The van der Waals surface area contributed by atoms with Crippen LogP contribution in [-0.4, -0.2) is 9.97 Å². The molecule has 0 saturated heterocycles. The van der Waals surface area contributed by atoms with Gasteiger partial charge in [-0.3, -0.25) is 4.98 Å². The molecule has 2 heterocycles. The van der Waals surface area contributed by atoms with Crippen LogP contribution in [0.2, 0.25) is 5.02 Å². The zero-order valence-corrected chi connectivity index (χ0v) is 12.9. The zero-order valence-electron chi connectivity index (χ0n) is 9.73. The molecule has 0 saturated carbocycles. The molecule has 3 nitrogen and oxygen atoms in total. The minimum atomic E-state index is 0.615. The van der Waals surface area contributed by atoms with Gasteiger partial charge in [-0.25, -0.2) is 4.98 Å². The van der Waals surface area contributed by atoms with E-state index in [4.69, 9.17) is 11.6 Å². The summed E-state index contributed by atoms with van der Waals surface area (Å²) in [4.78, 5) is 8.67. The van der Waals surface area contributed by atoms with Crippen molar-refractivity contribution in [2.24, 2.45) is 0 Å². The number of rotatable bonds is 3. The van der Waals surface area contributed by atoms with Gasteiger partial charge in [0.1, 0.15) is 5.52 Å². The predicted octanol–water partition coefficient (Wildman–Crippen LogP) is 4.72. The van der Waals surface area contributed by atoms with Crippen LogP contribution in [0.3, 0.4) is 0 Å². The molecule has 0 atom stereocenters. The number of benzene rings is 1. The van der Waals surface area contributed by atoms with Gasteiger partial charge in [0.2, 0.25) is 0 Å². The van der Waals surface area contributed by atoms with Crippen molar-refractivity contribution in [3.05, 3.63) is 51.2 Å². The Morgan fingerprint density at radius 2 is 2.11 bits per heavy atom. The van der Waals surface area contributed by atoms with Crippen molar-refractivity contribution in [2.45, 2.75) is 6.54 Å². The molecule has 6 heteroatoms. The molecular formula is C13H9BrClN3S. The summed E-state index contributed by atoms with van der Waals surface area (Å²) >= 11 is 11.2. The maximum absolute atomic E-state index is 6.23. The number of nitrogens with one attached hydrogen (secondary N) is 1. The van der Waals surface area contributed by atoms with E-state index in [1.807, 2.05) is 29.8 Å². The van der Waals surface area contributed by atoms with Gasteiger partial charge in [0.05, 0.1) is 33.2 Å². The van der Waals surface area contributed by atoms with Gasteiger partial charge in [-0.15, -0.1) is 11.3 Å². The van der Waals surface area contributed by atoms with E-state index in [2.05, 4.69) is 31.2 Å². The number of hydrogen-bond donors (Lipinski definition) is 1. The quantitative estimate of drug-likeness (QED) is 0.739. The first-order valence-corrected chi connectivity index (χ1v) is 7.65. The highest BCUT2D eigenvalue weighted by Gasteiger charge is 2.08. The number of nitrogens with zero attached hydrogens (tertiary/aromatic N) is 2. The van der Waals surface area contributed by atoms with Crippen LogP contribution in [0.25, 0.3) is 10.2 Å². The monoisotopic (exact) mass is 353 g/mol. The molecule has 0 bridgehead atoms. The molecule has 0 aliphatic carbocycles. The fourth-order valence-corrected chi connectivity index (χ4v) is 2.90. The number of halogens is 2. The van der Waals surface area contributed by atoms with Crippen molar-refractivity contribution in [1.82, 2.24) is 9.97 Å². The van der Waals surface area contributed by atoms with E-state index >= 15 is 0 Å². The van der Waals surface area contributed by atoms with Crippen LogP contribution < -0.4 is 5.32 Å². The Labute approximate surface area is 127 Å². The summed E-state index contributed by atoms with van der Waals surface area (Å²) in [7, 11) is 0. The number of pyridine rings is 1. The Morgan fingerprint density at radius 3 is 2.89 bits per heavy atom. The molecule has 0 spiro atoms. The van der Waals surface area contributed by atoms with Crippen LogP contribution in [0.15, 0.2) is 40.4 Å². The molecule has 0 fully saturated rings. The van der Waals surface area contributed by atoms with E-state index in [1.165, 1.54) is 0 Å². The number of fused-ring (bicyclic) bond motifs is 1. The van der Waals surface area contributed by atoms with Gasteiger partial charge in [-0.2, -0.15) is 0 Å². The molecule has 0 aliphatic heterocycles. The average molecular weight is 355 g/mol. The van der Waals surface area contributed by atoms with Crippen molar-refractivity contribution in [1.29, 1.82) is 0 Å². The molecule has 1 aromatic carbocycles. The van der Waals surface area contributed by atoms with Gasteiger partial charge in [0.25, 0.3) is 0 Å². The van der Waals surface area contributed by atoms with Gasteiger partial charge < -0.3 is 5.32 Å². The molecule has 0 unspecified atom stereocenters. The lowest BCUT2D eigenvalue weighted by Gasteiger charge is -2.08. The van der Waals surface area contributed by atoms with E-state index in [0.717, 1.165) is 26.1 Å². The summed E-state index contributed by atoms with van der Waals surface area (Å²) in [6.45, 7) is 0.615. The summed E-state index contributed by atoms with van der Waals surface area (Å²) < 4.78 is 2.09. The number of thiazole rings is 1. The maximum Gasteiger partial charge on any atom is 0.106 e. The zero-order chi connectivity index (χ0) is 13.2. The second kappa shape index (κ2) is 5.45. The van der Waals surface area contributed by atoms with Crippen molar-refractivity contribution in [3.63, 3.8) is 0 Å². The lowest BCUT2D eigenvalue weighted by Crippen LogP contribution is -2.02. The Hall–Kier alpha value is -1.17. The molecule has 2 aromatic heterocycles. The molecule has 3 aromatic rings. The average Bonchev–Trinajstić information content (AvgIpc) is 2.88. The van der Waals surface area contributed by atoms with Crippen LogP contribution in [0.5, 0.6) is 0 Å². The minimum absolute atomic E-state index is 0.615. The molecule has 96 valence electrons. The molecule has 19 heavy (non-hydrogen) atoms. The van der Waals surface area contributed by atoms with Crippen LogP contribution >= 0.6 is 38.9 Å². The third-order valence-corrected chi connectivity index (χ3v) is 4.26. The summed E-state index contributed by atoms with van der Waals surface area (Å²) in [5.41, 5.74) is 4.55. The van der Waals surface area contributed by atoms with Crippen molar-refractivity contribution in [3.8, 4) is 0 Å². The topological polar surface area (TPSA) is 37.8 Å². The smallest absolute Gasteiger partial charge is 0.106 e. The molecular weight excluding hydrogens is 346 g/mol. The van der Waals surface area contributed by atoms with E-state index in [0.29, 0.717) is 11.6 Å². The van der Waals surface area contributed by atoms with Gasteiger partial charge in [-0.05, 0) is 40.2 Å². The SMILES string of the molecule is Clc1ccc2scnc2c1NCc1ccc(Br)cn1. The highest BCUT2D eigenvalue weighted by molar-refractivity contribution is 9.10. The molecule has 0 amide bonds. The second-order valence-electron chi connectivity index (χ2n) is 3.94. The maximum atomic E-state index is 6.23. The normalized spacial score (nSPS) is 10.8. The van der Waals surface area contributed by atoms with E-state index in [9.17, 15) is 0 Å². The highest BCUT2D eigenvalue weighted by Crippen LogP contribution is 2.32. The summed E-state index contributed by atoms with van der Waals surface area (Å²) in [5, 5.41) is 3.99. The fraction of sp³-hybridized carbons (Fsp3) is 0.0769. The van der Waals surface area contributed by atoms with Crippen molar-refractivity contribution >= 4 is 54.8 Å². The van der Waals surface area contributed by atoms with E-state index in [-0.39, 0.29) is 0 Å². The molecule has 3 rings (SSSR count). The third kappa shape index (κ3) is 2.73. The van der Waals surface area contributed by atoms with Gasteiger partial charge >= 0.3 is 0 Å². The summed E-state index contributed by atoms with van der Waals surface area (Å²) in [6.07, 6.45) is 1.78. The van der Waals surface area contributed by atoms with Crippen molar-refractivity contribution in [2.75, 3.05) is 5.32 Å². The largest absolute Gasteiger partial charge is 0.376 e. The summed E-state index contributed by atoms with van der Waals surface area (Å²) in [6, 6.07) is 7.80. The lowest BCUT2D eigenvalue weighted by atomic mass is 10.2. The number of hydrogen-bond acceptors (Lipinski definition) is 4. The lowest BCUT2D eigenvalue weighted by molar-refractivity contribution is 1.04. The molecule has 0 aliphatic rings. The Bertz CT molecular complexity index is 711. The Balaban J connectivity index is 1.87. The van der Waals surface area contributed by atoms with E-state index < -0.39 is 0 Å². The standard InChI is InChI=1S/C13H9BrClN3S/c14-8-1-2-9(16-5-8)6-17-12-10(15)3-4-11-13(12)18-7-19-11/h1-5,7,17H,6H2. The van der Waals surface area contributed by atoms with Crippen molar-refractivity contribution < 1.29 is 0 Å². The van der Waals surface area contributed by atoms with Crippen LogP contribution in [-0.2, 0) is 6.54 Å². The fourth-order valence-electron chi connectivity index (χ4n) is 1.76.